The summed E-state index contributed by atoms with van der Waals surface area (Å²) >= 11 is 0. The van der Waals surface area contributed by atoms with Gasteiger partial charge in [-0.2, -0.15) is 0 Å². The second-order valence-electron chi connectivity index (χ2n) is 9.60. The lowest BCUT2D eigenvalue weighted by molar-refractivity contribution is -0.121. The zero-order valence-electron chi connectivity index (χ0n) is 18.5. The highest BCUT2D eigenvalue weighted by atomic mass is 16.5. The minimum Gasteiger partial charge on any atom is -0.379 e. The molecular formula is C22H42O5. The fraction of sp³-hybridized carbons (Fsp3) is 0.909. The van der Waals surface area contributed by atoms with Crippen molar-refractivity contribution < 1.29 is 23.8 Å². The van der Waals surface area contributed by atoms with E-state index in [1.807, 2.05) is 0 Å². The topological polar surface area (TPSA) is 61.8 Å². The molecule has 0 spiro atoms. The Morgan fingerprint density at radius 2 is 0.852 bits per heavy atom. The second kappa shape index (κ2) is 14.3. The zero-order valence-corrected chi connectivity index (χ0v) is 18.5. The summed E-state index contributed by atoms with van der Waals surface area (Å²) < 4.78 is 16.4. The standard InChI is InChI=1S/C22H42O5/c1-21(2,3)17-19(23)9-7-11-25-13-15-27-16-14-26-12-8-10-20(24)18-22(4,5)6/h7-18H2,1-6H3. The molecular weight excluding hydrogens is 344 g/mol. The minimum absolute atomic E-state index is 0.0653. The SMILES string of the molecule is CC(C)(C)CC(=O)CCCOCCOCCOCCCC(=O)CC(C)(C)C. The van der Waals surface area contributed by atoms with Crippen molar-refractivity contribution in [3.63, 3.8) is 0 Å². The van der Waals surface area contributed by atoms with E-state index in [0.29, 0.717) is 76.9 Å². The molecule has 0 aromatic rings. The average molecular weight is 387 g/mol. The zero-order chi connectivity index (χ0) is 20.8. The Morgan fingerprint density at radius 3 is 1.15 bits per heavy atom. The molecule has 0 aliphatic rings. The van der Waals surface area contributed by atoms with Crippen molar-refractivity contribution in [1.82, 2.24) is 0 Å². The average Bonchev–Trinajstić information content (AvgIpc) is 2.48. The molecule has 0 aliphatic heterocycles. The molecule has 0 unspecified atom stereocenters. The van der Waals surface area contributed by atoms with Crippen molar-refractivity contribution in [2.45, 2.75) is 80.1 Å². The maximum atomic E-state index is 11.7. The van der Waals surface area contributed by atoms with Gasteiger partial charge in [-0.1, -0.05) is 41.5 Å². The lowest BCUT2D eigenvalue weighted by atomic mass is 9.89. The molecule has 0 saturated heterocycles. The molecule has 0 radical (unpaired) electrons. The molecule has 160 valence electrons. The third-order valence-electron chi connectivity index (χ3n) is 3.69. The second-order valence-corrected chi connectivity index (χ2v) is 9.60. The quantitative estimate of drug-likeness (QED) is 0.363. The van der Waals surface area contributed by atoms with Gasteiger partial charge in [0.05, 0.1) is 26.4 Å². The van der Waals surface area contributed by atoms with Crippen molar-refractivity contribution in [3.05, 3.63) is 0 Å². The van der Waals surface area contributed by atoms with E-state index < -0.39 is 0 Å². The molecule has 0 saturated carbocycles. The van der Waals surface area contributed by atoms with Crippen molar-refractivity contribution in [3.8, 4) is 0 Å². The van der Waals surface area contributed by atoms with E-state index >= 15 is 0 Å². The number of rotatable bonds is 16. The normalized spacial score (nSPS) is 12.4. The van der Waals surface area contributed by atoms with Crippen LogP contribution in [0.15, 0.2) is 0 Å². The summed E-state index contributed by atoms with van der Waals surface area (Å²) in [5.74, 6) is 0.610. The predicted molar refractivity (Wildman–Crippen MR) is 109 cm³/mol. The number of Topliss-reactive ketones (excluding diaryl/α,β-unsaturated/α-hetero) is 2. The van der Waals surface area contributed by atoms with E-state index in [-0.39, 0.29) is 10.8 Å². The molecule has 0 amide bonds. The Morgan fingerprint density at radius 1 is 0.556 bits per heavy atom. The first kappa shape index (κ1) is 26.2. The van der Waals surface area contributed by atoms with Crippen molar-refractivity contribution >= 4 is 11.6 Å². The highest BCUT2D eigenvalue weighted by molar-refractivity contribution is 5.79. The van der Waals surface area contributed by atoms with Crippen LogP contribution >= 0.6 is 0 Å². The summed E-state index contributed by atoms with van der Waals surface area (Å²) in [6.07, 6.45) is 3.97. The van der Waals surface area contributed by atoms with Gasteiger partial charge in [0.25, 0.3) is 0 Å². The summed E-state index contributed by atoms with van der Waals surface area (Å²) in [7, 11) is 0. The van der Waals surface area contributed by atoms with Crippen LogP contribution in [0, 0.1) is 10.8 Å². The van der Waals surface area contributed by atoms with Crippen LogP contribution in [-0.4, -0.2) is 51.2 Å². The van der Waals surface area contributed by atoms with E-state index in [4.69, 9.17) is 14.2 Å². The number of carbonyl (C=O) groups is 2. The van der Waals surface area contributed by atoms with Crippen LogP contribution in [0.5, 0.6) is 0 Å². The summed E-state index contributed by atoms with van der Waals surface area (Å²) in [6.45, 7) is 15.8. The minimum atomic E-state index is 0.0653. The first-order valence-electron chi connectivity index (χ1n) is 10.3. The lowest BCUT2D eigenvalue weighted by Crippen LogP contribution is -2.14. The Bertz CT molecular complexity index is 366. The van der Waals surface area contributed by atoms with Gasteiger partial charge in [0, 0.05) is 38.9 Å². The Hall–Kier alpha value is -0.780. The van der Waals surface area contributed by atoms with Crippen LogP contribution in [0.3, 0.4) is 0 Å². The fourth-order valence-electron chi connectivity index (χ4n) is 2.64. The first-order valence-corrected chi connectivity index (χ1v) is 10.3. The summed E-state index contributed by atoms with van der Waals surface area (Å²) in [5, 5.41) is 0. The number of ketones is 2. The molecule has 0 aromatic carbocycles. The van der Waals surface area contributed by atoms with E-state index in [9.17, 15) is 9.59 Å². The summed E-state index contributed by atoms with van der Waals surface area (Å²) in [5.41, 5.74) is 0.131. The fourth-order valence-corrected chi connectivity index (χ4v) is 2.64. The van der Waals surface area contributed by atoms with Crippen molar-refractivity contribution in [2.75, 3.05) is 39.6 Å². The molecule has 0 rings (SSSR count). The first-order chi connectivity index (χ1) is 12.5. The Balaban J connectivity index is 3.30. The third-order valence-corrected chi connectivity index (χ3v) is 3.69. The van der Waals surface area contributed by atoms with E-state index in [1.54, 1.807) is 0 Å². The number of hydrogen-bond donors (Lipinski definition) is 0. The van der Waals surface area contributed by atoms with Gasteiger partial charge in [-0.25, -0.2) is 0 Å². The van der Waals surface area contributed by atoms with E-state index in [0.717, 1.165) is 12.8 Å². The third kappa shape index (κ3) is 21.4. The Kier molecular flexibility index (Phi) is 13.8. The molecule has 5 nitrogen and oxygen atoms in total. The van der Waals surface area contributed by atoms with Crippen LogP contribution < -0.4 is 0 Å². The van der Waals surface area contributed by atoms with Gasteiger partial charge in [-0.05, 0) is 23.7 Å². The maximum Gasteiger partial charge on any atom is 0.133 e. The smallest absolute Gasteiger partial charge is 0.133 e. The molecule has 0 heterocycles. The van der Waals surface area contributed by atoms with Crippen molar-refractivity contribution in [1.29, 1.82) is 0 Å². The van der Waals surface area contributed by atoms with Crippen LogP contribution in [0.2, 0.25) is 0 Å². The van der Waals surface area contributed by atoms with Crippen LogP contribution in [-0.2, 0) is 23.8 Å². The van der Waals surface area contributed by atoms with E-state index in [1.165, 1.54) is 0 Å². The van der Waals surface area contributed by atoms with Gasteiger partial charge in [0.1, 0.15) is 11.6 Å². The van der Waals surface area contributed by atoms with E-state index in [2.05, 4.69) is 41.5 Å². The van der Waals surface area contributed by atoms with Crippen LogP contribution in [0.1, 0.15) is 80.1 Å². The number of carbonyl (C=O) groups excluding carboxylic acids is 2. The maximum absolute atomic E-state index is 11.7. The van der Waals surface area contributed by atoms with Gasteiger partial charge in [-0.15, -0.1) is 0 Å². The van der Waals surface area contributed by atoms with Gasteiger partial charge in [-0.3, -0.25) is 9.59 Å². The highest BCUT2D eigenvalue weighted by Crippen LogP contribution is 2.20. The Labute approximate surface area is 166 Å². The molecule has 27 heavy (non-hydrogen) atoms. The van der Waals surface area contributed by atoms with Crippen LogP contribution in [0.25, 0.3) is 0 Å². The monoisotopic (exact) mass is 386 g/mol. The molecule has 5 heteroatoms. The van der Waals surface area contributed by atoms with Gasteiger partial charge < -0.3 is 14.2 Å². The summed E-state index contributed by atoms with van der Waals surface area (Å²) in [4.78, 5) is 23.5. The van der Waals surface area contributed by atoms with Crippen LogP contribution in [0.4, 0.5) is 0 Å². The molecule has 0 bridgehead atoms. The number of ether oxygens (including phenoxy) is 3. The largest absolute Gasteiger partial charge is 0.379 e. The summed E-state index contributed by atoms with van der Waals surface area (Å²) in [6, 6.07) is 0. The van der Waals surface area contributed by atoms with Crippen molar-refractivity contribution in [2.24, 2.45) is 10.8 Å². The predicted octanol–water partition coefficient (Wildman–Crippen LogP) is 4.61. The molecule has 0 aliphatic carbocycles. The lowest BCUT2D eigenvalue weighted by Gasteiger charge is -2.16. The highest BCUT2D eigenvalue weighted by Gasteiger charge is 2.16. The molecule has 0 aromatic heterocycles. The molecule has 0 fully saturated rings. The van der Waals surface area contributed by atoms with Gasteiger partial charge >= 0.3 is 0 Å². The molecule has 0 N–H and O–H groups in total. The van der Waals surface area contributed by atoms with Gasteiger partial charge in [0.2, 0.25) is 0 Å². The molecule has 0 atom stereocenters. The number of hydrogen-bond acceptors (Lipinski definition) is 5. The van der Waals surface area contributed by atoms with Gasteiger partial charge in [0.15, 0.2) is 0 Å².